The molecule has 0 heterocycles. The number of hydrogen-bond donors (Lipinski definition) is 1. The fourth-order valence-electron chi connectivity index (χ4n) is 2.40. The highest BCUT2D eigenvalue weighted by Crippen LogP contribution is 2.29. The summed E-state index contributed by atoms with van der Waals surface area (Å²) in [4.78, 5) is 2.76. The highest BCUT2D eigenvalue weighted by atomic mass is 32.1. The van der Waals surface area contributed by atoms with Crippen LogP contribution < -0.4 is 5.73 Å². The van der Waals surface area contributed by atoms with Gasteiger partial charge >= 0.3 is 0 Å². The minimum absolute atomic E-state index is 0.227. The van der Waals surface area contributed by atoms with Gasteiger partial charge < -0.3 is 5.73 Å². The summed E-state index contributed by atoms with van der Waals surface area (Å²) >= 11 is 5.05. The van der Waals surface area contributed by atoms with Gasteiger partial charge in [-0.25, -0.2) is 4.39 Å². The predicted molar refractivity (Wildman–Crippen MR) is 80.6 cm³/mol. The van der Waals surface area contributed by atoms with E-state index in [2.05, 4.69) is 18.7 Å². The Balaban J connectivity index is 2.19. The molecule has 1 fully saturated rings. The van der Waals surface area contributed by atoms with E-state index in [9.17, 15) is 4.39 Å². The molecule has 1 aliphatic rings. The molecule has 2 N–H and O–H groups in total. The van der Waals surface area contributed by atoms with E-state index in [-0.39, 0.29) is 5.82 Å². The molecule has 1 aromatic carbocycles. The van der Waals surface area contributed by atoms with Crippen LogP contribution in [0.1, 0.15) is 37.8 Å². The van der Waals surface area contributed by atoms with Gasteiger partial charge in [0.25, 0.3) is 0 Å². The zero-order valence-corrected chi connectivity index (χ0v) is 12.3. The maximum Gasteiger partial charge on any atom is 0.123 e. The first-order valence-electron chi connectivity index (χ1n) is 6.79. The van der Waals surface area contributed by atoms with E-state index >= 15 is 0 Å². The third-order valence-electron chi connectivity index (χ3n) is 3.37. The van der Waals surface area contributed by atoms with Gasteiger partial charge in [0.1, 0.15) is 10.8 Å². The lowest BCUT2D eigenvalue weighted by molar-refractivity contribution is 0.225. The first-order chi connectivity index (χ1) is 8.97. The molecule has 1 saturated carbocycles. The maximum absolute atomic E-state index is 13.4. The molecule has 0 aliphatic heterocycles. The first kappa shape index (κ1) is 14.4. The van der Waals surface area contributed by atoms with E-state index in [0.29, 0.717) is 16.9 Å². The van der Waals surface area contributed by atoms with Gasteiger partial charge in [-0.05, 0) is 42.5 Å². The minimum atomic E-state index is -0.227. The van der Waals surface area contributed by atoms with Gasteiger partial charge in [0, 0.05) is 24.7 Å². The second kappa shape index (κ2) is 5.97. The topological polar surface area (TPSA) is 29.3 Å². The van der Waals surface area contributed by atoms with Crippen LogP contribution in [0.3, 0.4) is 0 Å². The number of rotatable bonds is 6. The van der Waals surface area contributed by atoms with Crippen LogP contribution in [0.15, 0.2) is 18.2 Å². The lowest BCUT2D eigenvalue weighted by Crippen LogP contribution is -2.30. The summed E-state index contributed by atoms with van der Waals surface area (Å²) in [6, 6.07) is 5.31. The molecule has 2 rings (SSSR count). The molecule has 104 valence electrons. The summed E-state index contributed by atoms with van der Waals surface area (Å²) in [6.07, 6.45) is 2.48. The van der Waals surface area contributed by atoms with Crippen molar-refractivity contribution in [3.63, 3.8) is 0 Å². The van der Waals surface area contributed by atoms with E-state index in [1.54, 1.807) is 12.1 Å². The summed E-state index contributed by atoms with van der Waals surface area (Å²) in [5, 5.41) is 0. The van der Waals surface area contributed by atoms with Gasteiger partial charge in [-0.15, -0.1) is 0 Å². The molecule has 1 aliphatic carbocycles. The van der Waals surface area contributed by atoms with E-state index < -0.39 is 0 Å². The second-order valence-electron chi connectivity index (χ2n) is 5.72. The van der Waals surface area contributed by atoms with Crippen molar-refractivity contribution in [2.45, 2.75) is 39.3 Å². The van der Waals surface area contributed by atoms with Crippen molar-refractivity contribution >= 4 is 17.2 Å². The van der Waals surface area contributed by atoms with E-state index in [4.69, 9.17) is 18.0 Å². The fraction of sp³-hybridized carbons (Fsp3) is 0.533. The number of benzene rings is 1. The van der Waals surface area contributed by atoms with E-state index in [1.165, 1.54) is 18.9 Å². The number of nitrogens with zero attached hydrogens (tertiary/aromatic N) is 1. The van der Waals surface area contributed by atoms with Crippen LogP contribution in [0.4, 0.5) is 4.39 Å². The summed E-state index contributed by atoms with van der Waals surface area (Å²) < 4.78 is 13.4. The monoisotopic (exact) mass is 280 g/mol. The van der Waals surface area contributed by atoms with Crippen LogP contribution in [-0.2, 0) is 6.54 Å². The number of hydrogen-bond acceptors (Lipinski definition) is 2. The number of nitrogens with two attached hydrogens (primary N) is 1. The summed E-state index contributed by atoms with van der Waals surface area (Å²) in [5.41, 5.74) is 7.42. The standard InChI is InChI=1S/C15H21FN2S/c1-10(2)8-18(13-4-5-13)9-11-7-12(16)3-6-14(11)15(17)19/h3,6-7,10,13H,4-5,8-9H2,1-2H3,(H2,17,19). The Bertz CT molecular complexity index is 469. The van der Waals surface area contributed by atoms with Crippen molar-refractivity contribution in [3.8, 4) is 0 Å². The van der Waals surface area contributed by atoms with Crippen LogP contribution in [0.25, 0.3) is 0 Å². The second-order valence-corrected chi connectivity index (χ2v) is 6.16. The Morgan fingerprint density at radius 3 is 2.68 bits per heavy atom. The number of thiocarbonyl (C=S) groups is 1. The third kappa shape index (κ3) is 3.98. The molecule has 0 saturated heterocycles. The quantitative estimate of drug-likeness (QED) is 0.812. The molecule has 0 bridgehead atoms. The zero-order chi connectivity index (χ0) is 14.0. The molecule has 0 spiro atoms. The van der Waals surface area contributed by atoms with Crippen molar-refractivity contribution in [2.75, 3.05) is 6.54 Å². The molecule has 0 amide bonds. The smallest absolute Gasteiger partial charge is 0.123 e. The first-order valence-corrected chi connectivity index (χ1v) is 7.20. The normalized spacial score (nSPS) is 15.2. The van der Waals surface area contributed by atoms with Crippen molar-refractivity contribution < 1.29 is 4.39 Å². The van der Waals surface area contributed by atoms with Crippen LogP contribution in [0.2, 0.25) is 0 Å². The molecule has 0 unspecified atom stereocenters. The fourth-order valence-corrected chi connectivity index (χ4v) is 2.60. The highest BCUT2D eigenvalue weighted by Gasteiger charge is 2.29. The lowest BCUT2D eigenvalue weighted by Gasteiger charge is -2.25. The molecule has 0 atom stereocenters. The van der Waals surface area contributed by atoms with Gasteiger partial charge in [-0.2, -0.15) is 0 Å². The van der Waals surface area contributed by atoms with Gasteiger partial charge in [0.05, 0.1) is 0 Å². The molecular formula is C15H21FN2S. The average molecular weight is 280 g/mol. The Morgan fingerprint density at radius 1 is 1.47 bits per heavy atom. The summed E-state index contributed by atoms with van der Waals surface area (Å²) in [5.74, 6) is 0.373. The predicted octanol–water partition coefficient (Wildman–Crippen LogP) is 3.08. The van der Waals surface area contributed by atoms with Gasteiger partial charge in [0.15, 0.2) is 0 Å². The van der Waals surface area contributed by atoms with Gasteiger partial charge in [-0.1, -0.05) is 26.1 Å². The van der Waals surface area contributed by atoms with E-state index in [0.717, 1.165) is 24.2 Å². The largest absolute Gasteiger partial charge is 0.389 e. The lowest BCUT2D eigenvalue weighted by atomic mass is 10.1. The molecule has 0 aromatic heterocycles. The molecule has 19 heavy (non-hydrogen) atoms. The maximum atomic E-state index is 13.4. The van der Waals surface area contributed by atoms with Crippen LogP contribution in [0, 0.1) is 11.7 Å². The molecule has 1 aromatic rings. The van der Waals surface area contributed by atoms with Crippen LogP contribution >= 0.6 is 12.2 Å². The van der Waals surface area contributed by atoms with Crippen LogP contribution in [0.5, 0.6) is 0 Å². The van der Waals surface area contributed by atoms with Crippen molar-refractivity contribution in [3.05, 3.63) is 35.1 Å². The molecular weight excluding hydrogens is 259 g/mol. The molecule has 4 heteroatoms. The molecule has 0 radical (unpaired) electrons. The SMILES string of the molecule is CC(C)CN(Cc1cc(F)ccc1C(N)=S)C1CC1. The third-order valence-corrected chi connectivity index (χ3v) is 3.59. The summed E-state index contributed by atoms with van der Waals surface area (Å²) in [7, 11) is 0. The highest BCUT2D eigenvalue weighted by molar-refractivity contribution is 7.80. The van der Waals surface area contributed by atoms with Crippen molar-refractivity contribution in [2.24, 2.45) is 11.7 Å². The number of halogens is 1. The van der Waals surface area contributed by atoms with Crippen LogP contribution in [-0.4, -0.2) is 22.5 Å². The summed E-state index contributed by atoms with van der Waals surface area (Å²) in [6.45, 7) is 6.16. The average Bonchev–Trinajstić information content (AvgIpc) is 3.10. The van der Waals surface area contributed by atoms with Crippen molar-refractivity contribution in [1.29, 1.82) is 0 Å². The Morgan fingerprint density at radius 2 is 2.16 bits per heavy atom. The van der Waals surface area contributed by atoms with Crippen molar-refractivity contribution in [1.82, 2.24) is 4.90 Å². The Hall–Kier alpha value is -1.00. The zero-order valence-electron chi connectivity index (χ0n) is 11.5. The van der Waals surface area contributed by atoms with Gasteiger partial charge in [0.2, 0.25) is 0 Å². The van der Waals surface area contributed by atoms with E-state index in [1.807, 2.05) is 0 Å². The Kier molecular flexibility index (Phi) is 4.53. The Labute approximate surface area is 119 Å². The minimum Gasteiger partial charge on any atom is -0.389 e. The van der Waals surface area contributed by atoms with Gasteiger partial charge in [-0.3, -0.25) is 4.90 Å². The molecule has 2 nitrogen and oxygen atoms in total.